The van der Waals surface area contributed by atoms with Crippen LogP contribution in [-0.4, -0.2) is 49.6 Å². The number of hydrogen-bond acceptors (Lipinski definition) is 5. The van der Waals surface area contributed by atoms with Gasteiger partial charge in [-0.05, 0) is 19.8 Å². The number of carbonyl (C=O) groups is 1. The fraction of sp³-hybridized carbons (Fsp3) is 0.714. The van der Waals surface area contributed by atoms with Crippen LogP contribution >= 0.6 is 11.3 Å². The zero-order valence-corrected chi connectivity index (χ0v) is 14.4. The maximum atomic E-state index is 12.3. The van der Waals surface area contributed by atoms with Crippen LogP contribution in [0.1, 0.15) is 33.6 Å². The van der Waals surface area contributed by atoms with Gasteiger partial charge in [0.25, 0.3) is 0 Å². The van der Waals surface area contributed by atoms with E-state index < -0.39 is 10.8 Å². The summed E-state index contributed by atoms with van der Waals surface area (Å²) in [6.45, 7) is 7.52. The monoisotopic (exact) mass is 329 g/mol. The van der Waals surface area contributed by atoms with Crippen molar-refractivity contribution in [1.82, 2.24) is 9.88 Å². The van der Waals surface area contributed by atoms with Crippen molar-refractivity contribution in [3.63, 3.8) is 0 Å². The van der Waals surface area contributed by atoms with E-state index in [2.05, 4.69) is 29.0 Å². The van der Waals surface area contributed by atoms with E-state index in [0.717, 1.165) is 19.4 Å². The summed E-state index contributed by atoms with van der Waals surface area (Å²) in [5, 5.41) is 5.31. The molecular weight excluding hydrogens is 306 g/mol. The van der Waals surface area contributed by atoms with Crippen molar-refractivity contribution in [2.45, 2.75) is 44.4 Å². The highest BCUT2D eigenvalue weighted by Gasteiger charge is 2.41. The Morgan fingerprint density at radius 1 is 1.57 bits per heavy atom. The molecule has 1 saturated heterocycles. The van der Waals surface area contributed by atoms with Gasteiger partial charge in [-0.1, -0.05) is 13.8 Å². The Balaban J connectivity index is 2.03. The van der Waals surface area contributed by atoms with Crippen LogP contribution < -0.4 is 5.32 Å². The van der Waals surface area contributed by atoms with Crippen LogP contribution in [0.3, 0.4) is 0 Å². The quantitative estimate of drug-likeness (QED) is 0.898. The Hall–Kier alpha value is -0.790. The van der Waals surface area contributed by atoms with Gasteiger partial charge in [0.15, 0.2) is 5.13 Å². The lowest BCUT2D eigenvalue weighted by molar-refractivity contribution is -0.120. The molecule has 2 unspecified atom stereocenters. The number of carbonyl (C=O) groups excluding carboxylic acids is 1. The Kier molecular flexibility index (Phi) is 5.51. The Bertz CT molecular complexity index is 500. The fourth-order valence-electron chi connectivity index (χ4n) is 2.72. The van der Waals surface area contributed by atoms with Crippen molar-refractivity contribution in [3.05, 3.63) is 11.6 Å². The minimum atomic E-state index is -0.802. The second-order valence-corrected chi connectivity index (χ2v) is 8.27. The van der Waals surface area contributed by atoms with Crippen molar-refractivity contribution in [3.8, 4) is 0 Å². The summed E-state index contributed by atoms with van der Waals surface area (Å²) in [5.41, 5.74) is 0. The number of anilines is 1. The Morgan fingerprint density at radius 2 is 2.29 bits per heavy atom. The minimum absolute atomic E-state index is 0.0428. The third-order valence-electron chi connectivity index (χ3n) is 4.42. The lowest BCUT2D eigenvalue weighted by Gasteiger charge is -2.43. The number of thiazole rings is 1. The zero-order valence-electron chi connectivity index (χ0n) is 12.8. The molecule has 2 rings (SSSR count). The topological polar surface area (TPSA) is 62.3 Å². The first-order valence-corrected chi connectivity index (χ1v) is 9.55. The van der Waals surface area contributed by atoms with Crippen LogP contribution in [0.2, 0.25) is 0 Å². The minimum Gasteiger partial charge on any atom is -0.301 e. The van der Waals surface area contributed by atoms with E-state index in [1.54, 1.807) is 6.20 Å². The molecule has 21 heavy (non-hydrogen) atoms. The summed E-state index contributed by atoms with van der Waals surface area (Å²) in [4.78, 5) is 18.5. The maximum Gasteiger partial charge on any atom is 0.243 e. The van der Waals surface area contributed by atoms with Crippen molar-refractivity contribution >= 4 is 33.2 Å². The van der Waals surface area contributed by atoms with Crippen LogP contribution in [0.15, 0.2) is 11.6 Å². The summed E-state index contributed by atoms with van der Waals surface area (Å²) in [6.07, 6.45) is 3.44. The average Bonchev–Trinajstić information content (AvgIpc) is 3.00. The van der Waals surface area contributed by atoms with Gasteiger partial charge < -0.3 is 5.32 Å². The average molecular weight is 329 g/mol. The highest BCUT2D eigenvalue weighted by molar-refractivity contribution is 7.86. The molecule has 1 aliphatic rings. The molecule has 1 N–H and O–H groups in total. The number of hydrogen-bond donors (Lipinski definition) is 1. The number of aromatic nitrogens is 1. The van der Waals surface area contributed by atoms with Gasteiger partial charge in [-0.3, -0.25) is 13.9 Å². The molecule has 1 fully saturated rings. The number of nitrogens with one attached hydrogen (secondary N) is 1. The lowest BCUT2D eigenvalue weighted by Crippen LogP contribution is -2.57. The number of rotatable bonds is 5. The maximum absolute atomic E-state index is 12.3. The second kappa shape index (κ2) is 6.98. The first kappa shape index (κ1) is 16.6. The SMILES string of the molecule is CCC1(CC)CN(C(C)C(=O)Nc2nccs2)CCS1=O. The summed E-state index contributed by atoms with van der Waals surface area (Å²) < 4.78 is 12.2. The number of nitrogens with zero attached hydrogens (tertiary/aromatic N) is 2. The highest BCUT2D eigenvalue weighted by atomic mass is 32.2. The molecule has 118 valence electrons. The molecule has 1 amide bonds. The van der Waals surface area contributed by atoms with E-state index in [4.69, 9.17) is 0 Å². The number of amides is 1. The van der Waals surface area contributed by atoms with Crippen LogP contribution in [-0.2, 0) is 15.6 Å². The Labute approximate surface area is 132 Å². The van der Waals surface area contributed by atoms with Gasteiger partial charge in [0.1, 0.15) is 0 Å². The summed E-state index contributed by atoms with van der Waals surface area (Å²) >= 11 is 1.41. The third kappa shape index (κ3) is 3.52. The van der Waals surface area contributed by atoms with E-state index in [1.165, 1.54) is 11.3 Å². The van der Waals surface area contributed by atoms with Crippen molar-refractivity contribution in [1.29, 1.82) is 0 Å². The van der Waals surface area contributed by atoms with E-state index in [9.17, 15) is 9.00 Å². The van der Waals surface area contributed by atoms with Crippen LogP contribution in [0.4, 0.5) is 5.13 Å². The molecule has 1 aromatic heterocycles. The van der Waals surface area contributed by atoms with E-state index in [0.29, 0.717) is 17.4 Å². The van der Waals surface area contributed by atoms with Crippen molar-refractivity contribution in [2.75, 3.05) is 24.2 Å². The van der Waals surface area contributed by atoms with Crippen LogP contribution in [0.5, 0.6) is 0 Å². The fourth-order valence-corrected chi connectivity index (χ4v) is 5.04. The highest BCUT2D eigenvalue weighted by Crippen LogP contribution is 2.29. The molecule has 0 aliphatic carbocycles. The van der Waals surface area contributed by atoms with Crippen LogP contribution in [0.25, 0.3) is 0 Å². The standard InChI is InChI=1S/C14H23N3O2S2/c1-4-14(5-2)10-17(7-9-21(14)19)11(3)12(18)16-13-15-6-8-20-13/h6,8,11H,4-5,7,9-10H2,1-3H3,(H,15,16,18). The van der Waals surface area contributed by atoms with Crippen molar-refractivity contribution in [2.24, 2.45) is 0 Å². The molecule has 0 aromatic carbocycles. The predicted octanol–water partition coefficient (Wildman–Crippen LogP) is 2.09. The van der Waals surface area contributed by atoms with Gasteiger partial charge in [0.05, 0.1) is 10.8 Å². The lowest BCUT2D eigenvalue weighted by atomic mass is 10.00. The van der Waals surface area contributed by atoms with Crippen molar-refractivity contribution < 1.29 is 9.00 Å². The van der Waals surface area contributed by atoms with E-state index in [1.807, 2.05) is 12.3 Å². The zero-order chi connectivity index (χ0) is 15.5. The molecule has 1 aliphatic heterocycles. The van der Waals surface area contributed by atoms with Gasteiger partial charge in [-0.2, -0.15) is 0 Å². The molecule has 0 bridgehead atoms. The predicted molar refractivity (Wildman–Crippen MR) is 88.1 cm³/mol. The molecular formula is C14H23N3O2S2. The van der Waals surface area contributed by atoms with Gasteiger partial charge >= 0.3 is 0 Å². The Morgan fingerprint density at radius 3 is 2.86 bits per heavy atom. The molecule has 7 heteroatoms. The first-order valence-electron chi connectivity index (χ1n) is 7.35. The normalized spacial score (nSPS) is 23.7. The summed E-state index contributed by atoms with van der Waals surface area (Å²) in [5.74, 6) is 0.607. The summed E-state index contributed by atoms with van der Waals surface area (Å²) in [7, 11) is -0.802. The molecule has 2 atom stereocenters. The van der Waals surface area contributed by atoms with Gasteiger partial charge in [0, 0.05) is 41.2 Å². The van der Waals surface area contributed by atoms with Gasteiger partial charge in [-0.15, -0.1) is 11.3 Å². The second-order valence-electron chi connectivity index (χ2n) is 5.41. The third-order valence-corrected chi connectivity index (χ3v) is 7.33. The molecule has 0 saturated carbocycles. The molecule has 5 nitrogen and oxygen atoms in total. The van der Waals surface area contributed by atoms with E-state index >= 15 is 0 Å². The van der Waals surface area contributed by atoms with Crippen LogP contribution in [0, 0.1) is 0 Å². The van der Waals surface area contributed by atoms with E-state index in [-0.39, 0.29) is 16.7 Å². The largest absolute Gasteiger partial charge is 0.301 e. The molecule has 0 radical (unpaired) electrons. The molecule has 0 spiro atoms. The van der Waals surface area contributed by atoms with Gasteiger partial charge in [-0.25, -0.2) is 4.98 Å². The molecule has 2 heterocycles. The first-order chi connectivity index (χ1) is 10.0. The molecule has 1 aromatic rings. The smallest absolute Gasteiger partial charge is 0.243 e. The summed E-state index contributed by atoms with van der Waals surface area (Å²) in [6, 6.07) is -0.233. The van der Waals surface area contributed by atoms with Gasteiger partial charge in [0.2, 0.25) is 5.91 Å².